The van der Waals surface area contributed by atoms with Crippen molar-refractivity contribution in [3.05, 3.63) is 12.7 Å². The first-order valence-corrected chi connectivity index (χ1v) is 11.4. The highest BCUT2D eigenvalue weighted by molar-refractivity contribution is 7.80. The molecule has 190 valence electrons. The molecular formula is C23H44O8S. The van der Waals surface area contributed by atoms with Crippen LogP contribution in [0.4, 0.5) is 0 Å². The van der Waals surface area contributed by atoms with E-state index in [4.69, 9.17) is 18.9 Å². The van der Waals surface area contributed by atoms with Crippen molar-refractivity contribution >= 4 is 24.6 Å². The van der Waals surface area contributed by atoms with E-state index in [1.54, 1.807) is 0 Å². The minimum atomic E-state index is -0.767. The summed E-state index contributed by atoms with van der Waals surface area (Å²) in [5.74, 6) is -0.273. The maximum absolute atomic E-state index is 11.0. The quantitative estimate of drug-likeness (QED) is 0.198. The molecule has 0 fully saturated rings. The molecule has 0 aliphatic heterocycles. The highest BCUT2D eigenvalue weighted by Crippen LogP contribution is 2.13. The van der Waals surface area contributed by atoms with Crippen LogP contribution in [0.2, 0.25) is 0 Å². The Balaban J connectivity index is 0. The number of aliphatic hydroxyl groups is 2. The zero-order valence-electron chi connectivity index (χ0n) is 20.6. The summed E-state index contributed by atoms with van der Waals surface area (Å²) in [6.45, 7) is 17.1. The first-order valence-electron chi connectivity index (χ1n) is 10.7. The first-order chi connectivity index (χ1) is 14.7. The highest BCUT2D eigenvalue weighted by atomic mass is 32.1. The van der Waals surface area contributed by atoms with Gasteiger partial charge in [-0.25, -0.2) is 0 Å². The number of ether oxygens (including phenoxy) is 4. The summed E-state index contributed by atoms with van der Waals surface area (Å²) in [5.41, 5.74) is 0.141. The Morgan fingerprint density at radius 1 is 0.844 bits per heavy atom. The topological polar surface area (TPSA) is 112 Å². The zero-order valence-corrected chi connectivity index (χ0v) is 21.5. The summed E-state index contributed by atoms with van der Waals surface area (Å²) in [7, 11) is 0. The van der Waals surface area contributed by atoms with Crippen LogP contribution in [0.25, 0.3) is 0 Å². The van der Waals surface area contributed by atoms with E-state index in [9.17, 15) is 19.8 Å². The molecule has 0 bridgehead atoms. The van der Waals surface area contributed by atoms with Crippen molar-refractivity contribution < 1.29 is 38.7 Å². The van der Waals surface area contributed by atoms with Crippen molar-refractivity contribution in [3.8, 4) is 0 Å². The predicted octanol–water partition coefficient (Wildman–Crippen LogP) is 2.80. The van der Waals surface area contributed by atoms with Gasteiger partial charge in [0.05, 0.1) is 39.3 Å². The van der Waals surface area contributed by atoms with Crippen LogP contribution in [0.5, 0.6) is 0 Å². The second-order valence-corrected chi connectivity index (χ2v) is 10.2. The molecule has 0 saturated carbocycles. The van der Waals surface area contributed by atoms with Crippen molar-refractivity contribution in [2.45, 2.75) is 66.6 Å². The van der Waals surface area contributed by atoms with Crippen LogP contribution in [-0.4, -0.2) is 79.8 Å². The lowest BCUT2D eigenvalue weighted by atomic mass is 9.99. The Morgan fingerprint density at radius 2 is 1.25 bits per heavy atom. The fourth-order valence-corrected chi connectivity index (χ4v) is 2.00. The Morgan fingerprint density at radius 3 is 1.59 bits per heavy atom. The lowest BCUT2D eigenvalue weighted by Crippen LogP contribution is -2.26. The number of rotatable bonds is 14. The Bertz CT molecular complexity index is 511. The van der Waals surface area contributed by atoms with E-state index < -0.39 is 12.2 Å². The van der Waals surface area contributed by atoms with E-state index in [1.165, 1.54) is 6.08 Å². The van der Waals surface area contributed by atoms with Crippen LogP contribution >= 0.6 is 12.6 Å². The third kappa shape index (κ3) is 26.9. The molecule has 0 saturated heterocycles. The van der Waals surface area contributed by atoms with Crippen LogP contribution in [0.1, 0.15) is 54.4 Å². The van der Waals surface area contributed by atoms with Gasteiger partial charge in [0.2, 0.25) is 0 Å². The fourth-order valence-electron chi connectivity index (χ4n) is 1.82. The summed E-state index contributed by atoms with van der Waals surface area (Å²) in [4.78, 5) is 21.9. The molecule has 8 nitrogen and oxygen atoms in total. The Labute approximate surface area is 199 Å². The summed E-state index contributed by atoms with van der Waals surface area (Å²) in [6, 6.07) is 0. The van der Waals surface area contributed by atoms with Gasteiger partial charge in [0, 0.05) is 5.75 Å². The maximum Gasteiger partial charge on any atom is 0.309 e. The Kier molecular flexibility index (Phi) is 18.9. The van der Waals surface area contributed by atoms with Gasteiger partial charge in [-0.1, -0.05) is 47.6 Å². The van der Waals surface area contributed by atoms with Gasteiger partial charge in [-0.3, -0.25) is 9.59 Å². The van der Waals surface area contributed by atoms with E-state index in [2.05, 4.69) is 19.2 Å². The molecule has 0 aliphatic carbocycles. The minimum Gasteiger partial charge on any atom is -0.463 e. The molecular weight excluding hydrogens is 436 g/mol. The predicted molar refractivity (Wildman–Crippen MR) is 128 cm³/mol. The summed E-state index contributed by atoms with van der Waals surface area (Å²) < 4.78 is 20.2. The number of carbonyl (C=O) groups excluding carboxylic acids is 2. The normalized spacial score (nSPS) is 13.4. The molecule has 0 heterocycles. The van der Waals surface area contributed by atoms with Crippen molar-refractivity contribution in [1.82, 2.24) is 0 Å². The first kappa shape index (κ1) is 33.0. The second kappa shape index (κ2) is 18.3. The van der Waals surface area contributed by atoms with Crippen molar-refractivity contribution in [2.75, 3.05) is 45.4 Å². The van der Waals surface area contributed by atoms with Gasteiger partial charge in [0.1, 0.15) is 25.4 Å². The Hall–Kier alpha value is -1.13. The molecule has 0 aromatic carbocycles. The van der Waals surface area contributed by atoms with E-state index in [0.29, 0.717) is 19.0 Å². The highest BCUT2D eigenvalue weighted by Gasteiger charge is 2.14. The van der Waals surface area contributed by atoms with E-state index in [1.807, 2.05) is 41.5 Å². The summed E-state index contributed by atoms with van der Waals surface area (Å²) in [5, 5.41) is 18.9. The standard InChI is InChI=1S/C12H22O4.C11H22O4S/c1-5-6-11(14)16-8-10(13)7-15-9-12(2,3)4;1-11(2,3)8-14-6-9(12)7-15-10(13)4-5-16/h5,10,13H,1,6-9H2,2-4H3;9,12,16H,4-8H2,1-3H3. The van der Waals surface area contributed by atoms with E-state index in [-0.39, 0.29) is 62.0 Å². The summed E-state index contributed by atoms with van der Waals surface area (Å²) in [6.07, 6.45) is 0.362. The molecule has 0 aliphatic rings. The zero-order chi connectivity index (χ0) is 25.2. The SMILES string of the molecule is C=CCC(=O)OCC(O)COCC(C)(C)C.CC(C)(C)COCC(O)COC(=O)CCS. The monoisotopic (exact) mass is 480 g/mol. The molecule has 0 aromatic heterocycles. The van der Waals surface area contributed by atoms with Gasteiger partial charge in [-0.15, -0.1) is 6.58 Å². The molecule has 0 aromatic rings. The van der Waals surface area contributed by atoms with Gasteiger partial charge in [0.15, 0.2) is 0 Å². The average Bonchev–Trinajstić information content (AvgIpc) is 2.64. The molecule has 9 heteroatoms. The maximum atomic E-state index is 11.0. The molecule has 32 heavy (non-hydrogen) atoms. The number of thiol groups is 1. The van der Waals surface area contributed by atoms with Crippen molar-refractivity contribution in [2.24, 2.45) is 10.8 Å². The minimum absolute atomic E-state index is 0.0171. The third-order valence-electron chi connectivity index (χ3n) is 3.19. The lowest BCUT2D eigenvalue weighted by Gasteiger charge is -2.19. The number of carbonyl (C=O) groups is 2. The molecule has 2 N–H and O–H groups in total. The van der Waals surface area contributed by atoms with Gasteiger partial charge < -0.3 is 29.2 Å². The smallest absolute Gasteiger partial charge is 0.309 e. The molecule has 0 rings (SSSR count). The van der Waals surface area contributed by atoms with Crippen LogP contribution in [0.15, 0.2) is 12.7 Å². The van der Waals surface area contributed by atoms with Crippen molar-refractivity contribution in [3.63, 3.8) is 0 Å². The largest absolute Gasteiger partial charge is 0.463 e. The van der Waals surface area contributed by atoms with Crippen LogP contribution in [0.3, 0.4) is 0 Å². The number of esters is 2. The van der Waals surface area contributed by atoms with E-state index >= 15 is 0 Å². The van der Waals surface area contributed by atoms with Gasteiger partial charge in [-0.2, -0.15) is 12.6 Å². The second-order valence-electron chi connectivity index (χ2n) is 9.79. The molecule has 0 spiro atoms. The van der Waals surface area contributed by atoms with E-state index in [0.717, 1.165) is 0 Å². The van der Waals surface area contributed by atoms with Gasteiger partial charge in [0.25, 0.3) is 0 Å². The van der Waals surface area contributed by atoms with Gasteiger partial charge in [-0.05, 0) is 10.8 Å². The summed E-state index contributed by atoms with van der Waals surface area (Å²) >= 11 is 3.90. The van der Waals surface area contributed by atoms with Crippen LogP contribution in [0, 0.1) is 10.8 Å². The van der Waals surface area contributed by atoms with Crippen molar-refractivity contribution in [1.29, 1.82) is 0 Å². The number of aliphatic hydroxyl groups excluding tert-OH is 2. The van der Waals surface area contributed by atoms with Gasteiger partial charge >= 0.3 is 11.9 Å². The molecule has 0 amide bonds. The third-order valence-corrected chi connectivity index (χ3v) is 3.41. The lowest BCUT2D eigenvalue weighted by molar-refractivity contribution is -0.148. The van der Waals surface area contributed by atoms with Crippen LogP contribution < -0.4 is 0 Å². The number of hydrogen-bond acceptors (Lipinski definition) is 9. The molecule has 0 radical (unpaired) electrons. The average molecular weight is 481 g/mol. The fraction of sp³-hybridized carbons (Fsp3) is 0.826. The number of hydrogen-bond donors (Lipinski definition) is 3. The molecule has 2 atom stereocenters. The van der Waals surface area contributed by atoms with Crippen LogP contribution in [-0.2, 0) is 28.5 Å². The molecule has 2 unspecified atom stereocenters.